The van der Waals surface area contributed by atoms with Crippen LogP contribution in [0.3, 0.4) is 0 Å². The highest BCUT2D eigenvalue weighted by molar-refractivity contribution is 7.13. The van der Waals surface area contributed by atoms with Crippen molar-refractivity contribution in [3.63, 3.8) is 0 Å². The summed E-state index contributed by atoms with van der Waals surface area (Å²) in [6.07, 6.45) is 0. The number of carbonyl (C=O) groups is 1. The minimum Gasteiger partial charge on any atom is -0.353 e. The van der Waals surface area contributed by atoms with Crippen LogP contribution in [0.25, 0.3) is 32.5 Å². The normalized spacial score (nSPS) is 11.2. The lowest BCUT2D eigenvalue weighted by Gasteiger charge is -2.07. The van der Waals surface area contributed by atoms with Crippen LogP contribution in [0.2, 0.25) is 0 Å². The second-order valence-corrected chi connectivity index (χ2v) is 7.45. The van der Waals surface area contributed by atoms with Gasteiger partial charge in [-0.2, -0.15) is 0 Å². The highest BCUT2D eigenvalue weighted by Gasteiger charge is 2.14. The Morgan fingerprint density at radius 2 is 1.93 bits per heavy atom. The number of amides is 1. The van der Waals surface area contributed by atoms with Crippen molar-refractivity contribution in [2.24, 2.45) is 0 Å². The van der Waals surface area contributed by atoms with E-state index in [0.717, 1.165) is 43.9 Å². The van der Waals surface area contributed by atoms with E-state index < -0.39 is 0 Å². The molecular weight excluding hydrogens is 368 g/mol. The Bertz CT molecular complexity index is 1300. The molecule has 0 saturated heterocycles. The van der Waals surface area contributed by atoms with Gasteiger partial charge in [0.1, 0.15) is 10.7 Å². The lowest BCUT2D eigenvalue weighted by Crippen LogP contribution is -2.12. The van der Waals surface area contributed by atoms with Gasteiger partial charge in [-0.15, -0.1) is 11.3 Å². The first-order valence-corrected chi connectivity index (χ1v) is 9.77. The number of carbonyl (C=O) groups excluding carboxylic acids is 1. The molecule has 0 aliphatic heterocycles. The smallest absolute Gasteiger partial charge is 0.275 e. The Morgan fingerprint density at radius 3 is 2.82 bits per heavy atom. The van der Waals surface area contributed by atoms with Gasteiger partial charge in [-0.1, -0.05) is 24.3 Å². The second kappa shape index (κ2) is 6.58. The zero-order valence-electron chi connectivity index (χ0n) is 15.1. The van der Waals surface area contributed by atoms with Gasteiger partial charge in [-0.3, -0.25) is 9.78 Å². The number of benzene rings is 2. The van der Waals surface area contributed by atoms with Gasteiger partial charge in [0.05, 0.1) is 16.9 Å². The van der Waals surface area contributed by atoms with Crippen molar-refractivity contribution in [3.8, 4) is 10.7 Å². The topological polar surface area (TPSA) is 70.7 Å². The van der Waals surface area contributed by atoms with E-state index in [1.807, 2.05) is 61.5 Å². The van der Waals surface area contributed by atoms with Gasteiger partial charge >= 0.3 is 0 Å². The molecule has 0 aliphatic rings. The second-order valence-electron chi connectivity index (χ2n) is 6.59. The number of hydrogen-bond acceptors (Lipinski definition) is 4. The first-order chi connectivity index (χ1) is 13.7. The third-order valence-electron chi connectivity index (χ3n) is 4.62. The average Bonchev–Trinajstić information content (AvgIpc) is 3.35. The summed E-state index contributed by atoms with van der Waals surface area (Å²) in [6, 6.07) is 19.7. The molecule has 3 aromatic heterocycles. The van der Waals surface area contributed by atoms with Crippen molar-refractivity contribution in [1.29, 1.82) is 0 Å². The number of H-pyrrole nitrogens is 1. The summed E-state index contributed by atoms with van der Waals surface area (Å²) in [4.78, 5) is 25.1. The number of hydrogen-bond donors (Lipinski definition) is 2. The lowest BCUT2D eigenvalue weighted by atomic mass is 10.1. The fraction of sp³-hybridized carbons (Fsp3) is 0.0455. The summed E-state index contributed by atoms with van der Waals surface area (Å²) in [5.41, 5.74) is 4.89. The standard InChI is InChI=1S/C22H16N4OS/c1-13-9-10-15-17(23-13)7-4-8-18(15)25-21(27)20-12-28-22(26-20)19-11-14-5-2-3-6-16(14)24-19/h2-12,24H,1H3,(H,25,27). The lowest BCUT2D eigenvalue weighted by molar-refractivity contribution is 0.102. The van der Waals surface area contributed by atoms with Crippen LogP contribution in [0.1, 0.15) is 16.2 Å². The molecule has 0 unspecified atom stereocenters. The predicted molar refractivity (Wildman–Crippen MR) is 114 cm³/mol. The third kappa shape index (κ3) is 2.93. The van der Waals surface area contributed by atoms with Gasteiger partial charge in [0, 0.05) is 27.4 Å². The van der Waals surface area contributed by atoms with Crippen LogP contribution in [-0.4, -0.2) is 20.9 Å². The third-order valence-corrected chi connectivity index (χ3v) is 5.49. The summed E-state index contributed by atoms with van der Waals surface area (Å²) in [5, 5.41) is 7.57. The number of pyridine rings is 1. The summed E-state index contributed by atoms with van der Waals surface area (Å²) in [7, 11) is 0. The molecule has 2 aromatic carbocycles. The number of aromatic nitrogens is 3. The van der Waals surface area contributed by atoms with E-state index in [1.54, 1.807) is 5.38 Å². The molecule has 5 aromatic rings. The molecule has 0 fully saturated rings. The Kier molecular flexibility index (Phi) is 3.91. The zero-order valence-corrected chi connectivity index (χ0v) is 15.9. The zero-order chi connectivity index (χ0) is 19.1. The first-order valence-electron chi connectivity index (χ1n) is 8.89. The van der Waals surface area contributed by atoms with Gasteiger partial charge in [0.2, 0.25) is 0 Å². The van der Waals surface area contributed by atoms with Crippen LogP contribution < -0.4 is 5.32 Å². The van der Waals surface area contributed by atoms with E-state index in [1.165, 1.54) is 11.3 Å². The van der Waals surface area contributed by atoms with Crippen LogP contribution >= 0.6 is 11.3 Å². The maximum absolute atomic E-state index is 12.7. The number of aryl methyl sites for hydroxylation is 1. The molecule has 5 nitrogen and oxygen atoms in total. The van der Waals surface area contributed by atoms with E-state index in [2.05, 4.69) is 26.3 Å². The summed E-state index contributed by atoms with van der Waals surface area (Å²) < 4.78 is 0. The monoisotopic (exact) mass is 384 g/mol. The quantitative estimate of drug-likeness (QED) is 0.437. The predicted octanol–water partition coefficient (Wildman–Crippen LogP) is 5.40. The number of rotatable bonds is 3. The Balaban J connectivity index is 1.44. The van der Waals surface area contributed by atoms with Gasteiger partial charge < -0.3 is 10.3 Å². The summed E-state index contributed by atoms with van der Waals surface area (Å²) in [5.74, 6) is -0.230. The largest absolute Gasteiger partial charge is 0.353 e. The molecule has 0 bridgehead atoms. The van der Waals surface area contributed by atoms with Crippen molar-refractivity contribution in [1.82, 2.24) is 15.0 Å². The van der Waals surface area contributed by atoms with Gasteiger partial charge in [0.25, 0.3) is 5.91 Å². The number of nitrogens with zero attached hydrogens (tertiary/aromatic N) is 2. The molecule has 28 heavy (non-hydrogen) atoms. The van der Waals surface area contributed by atoms with Crippen LogP contribution in [-0.2, 0) is 0 Å². The maximum atomic E-state index is 12.7. The Hall–Kier alpha value is -3.51. The number of anilines is 1. The molecule has 5 rings (SSSR count). The highest BCUT2D eigenvalue weighted by Crippen LogP contribution is 2.28. The minimum absolute atomic E-state index is 0.230. The van der Waals surface area contributed by atoms with Crippen LogP contribution in [0.5, 0.6) is 0 Å². The van der Waals surface area contributed by atoms with Gasteiger partial charge in [-0.25, -0.2) is 4.98 Å². The SMILES string of the molecule is Cc1ccc2c(NC(=O)c3csc(-c4cc5ccccc5[nH]4)n3)cccc2n1. The van der Waals surface area contributed by atoms with E-state index in [0.29, 0.717) is 5.69 Å². The molecule has 2 N–H and O–H groups in total. The van der Waals surface area contributed by atoms with Crippen molar-refractivity contribution >= 4 is 44.7 Å². The molecule has 0 spiro atoms. The van der Waals surface area contributed by atoms with Crippen LogP contribution in [0.4, 0.5) is 5.69 Å². The molecule has 1 amide bonds. The average molecular weight is 384 g/mol. The van der Waals surface area contributed by atoms with E-state index in [4.69, 9.17) is 0 Å². The molecule has 0 atom stereocenters. The van der Waals surface area contributed by atoms with E-state index in [-0.39, 0.29) is 5.91 Å². The van der Waals surface area contributed by atoms with Crippen molar-refractivity contribution in [2.75, 3.05) is 5.32 Å². The Morgan fingerprint density at radius 1 is 1.04 bits per heavy atom. The number of fused-ring (bicyclic) bond motifs is 2. The van der Waals surface area contributed by atoms with Crippen molar-refractivity contribution in [3.05, 3.63) is 77.4 Å². The van der Waals surface area contributed by atoms with E-state index >= 15 is 0 Å². The minimum atomic E-state index is -0.230. The van der Waals surface area contributed by atoms with E-state index in [9.17, 15) is 4.79 Å². The first kappa shape index (κ1) is 16.6. The summed E-state index contributed by atoms with van der Waals surface area (Å²) >= 11 is 1.45. The number of nitrogens with one attached hydrogen (secondary N) is 2. The number of para-hydroxylation sites is 1. The number of thiazole rings is 1. The molecule has 136 valence electrons. The molecule has 3 heterocycles. The Labute approximate surface area is 165 Å². The fourth-order valence-corrected chi connectivity index (χ4v) is 4.01. The van der Waals surface area contributed by atoms with Crippen LogP contribution in [0, 0.1) is 6.92 Å². The maximum Gasteiger partial charge on any atom is 0.275 e. The van der Waals surface area contributed by atoms with Gasteiger partial charge in [0.15, 0.2) is 0 Å². The highest BCUT2D eigenvalue weighted by atomic mass is 32.1. The van der Waals surface area contributed by atoms with Crippen molar-refractivity contribution in [2.45, 2.75) is 6.92 Å². The molecule has 6 heteroatoms. The molecular formula is C22H16N4OS. The fourth-order valence-electron chi connectivity index (χ4n) is 3.24. The molecule has 0 radical (unpaired) electrons. The number of aromatic amines is 1. The molecule has 0 saturated carbocycles. The van der Waals surface area contributed by atoms with Gasteiger partial charge in [-0.05, 0) is 43.3 Å². The molecule has 0 aliphatic carbocycles. The van der Waals surface area contributed by atoms with Crippen LogP contribution in [0.15, 0.2) is 66.0 Å². The summed E-state index contributed by atoms with van der Waals surface area (Å²) in [6.45, 7) is 1.95. The van der Waals surface area contributed by atoms with Crippen molar-refractivity contribution < 1.29 is 4.79 Å².